The van der Waals surface area contributed by atoms with Crippen molar-refractivity contribution < 1.29 is 0 Å². The molecule has 4 heteroatoms. The monoisotopic (exact) mass is 672 g/mol. The first-order valence-electron chi connectivity index (χ1n) is 15.7. The van der Waals surface area contributed by atoms with Crippen LogP contribution in [0.4, 0.5) is 17.1 Å². The number of aromatic nitrogens is 1. The Kier molecular flexibility index (Phi) is 6.65. The summed E-state index contributed by atoms with van der Waals surface area (Å²) in [5, 5.41) is 5.20. The number of fused-ring (bicyclic) bond motifs is 7. The van der Waals surface area contributed by atoms with Crippen LogP contribution in [0.1, 0.15) is 12.8 Å². The van der Waals surface area contributed by atoms with Gasteiger partial charge in [0.2, 0.25) is 0 Å². The van der Waals surface area contributed by atoms with E-state index in [1.54, 1.807) is 0 Å². The number of hydrogen-bond donors (Lipinski definition) is 0. The van der Waals surface area contributed by atoms with Gasteiger partial charge in [0.15, 0.2) is 0 Å². The van der Waals surface area contributed by atoms with Crippen molar-refractivity contribution in [1.29, 1.82) is 0 Å². The summed E-state index contributed by atoms with van der Waals surface area (Å²) in [6.07, 6.45) is 9.15. The molecule has 0 aliphatic heterocycles. The number of benzene rings is 6. The summed E-state index contributed by atoms with van der Waals surface area (Å²) in [7, 11) is 0. The predicted octanol–water partition coefficient (Wildman–Crippen LogP) is 13.3. The topological polar surface area (TPSA) is 8.17 Å². The summed E-state index contributed by atoms with van der Waals surface area (Å²) in [4.78, 5) is 2.38. The summed E-state index contributed by atoms with van der Waals surface area (Å²) in [6, 6.07) is 48.4. The second-order valence-corrected chi connectivity index (χ2v) is 13.7. The molecule has 0 amide bonds. The van der Waals surface area contributed by atoms with Crippen LogP contribution >= 0.6 is 27.3 Å². The summed E-state index contributed by atoms with van der Waals surface area (Å²) in [5.41, 5.74) is 9.51. The minimum atomic E-state index is 1.06. The Hall–Kier alpha value is -4.90. The van der Waals surface area contributed by atoms with E-state index in [0.717, 1.165) is 34.4 Å². The second kappa shape index (κ2) is 11.2. The maximum Gasteiger partial charge on any atom is 0.0719 e. The van der Waals surface area contributed by atoms with Crippen molar-refractivity contribution in [2.24, 2.45) is 0 Å². The first kappa shape index (κ1) is 27.4. The van der Waals surface area contributed by atoms with Crippen LogP contribution in [0.2, 0.25) is 0 Å². The lowest BCUT2D eigenvalue weighted by molar-refractivity contribution is 1.02. The van der Waals surface area contributed by atoms with E-state index >= 15 is 0 Å². The molecule has 2 nitrogen and oxygen atoms in total. The molecule has 0 atom stereocenters. The van der Waals surface area contributed by atoms with E-state index in [1.165, 1.54) is 58.8 Å². The number of halogens is 1. The van der Waals surface area contributed by atoms with E-state index in [9.17, 15) is 0 Å². The zero-order chi connectivity index (χ0) is 30.6. The molecule has 0 unspecified atom stereocenters. The number of hydrogen-bond acceptors (Lipinski definition) is 2. The highest BCUT2D eigenvalue weighted by Crippen LogP contribution is 2.45. The Morgan fingerprint density at radius 3 is 2.26 bits per heavy atom. The number of nitrogens with zero attached hydrogens (tertiary/aromatic N) is 2. The molecule has 0 saturated heterocycles. The van der Waals surface area contributed by atoms with Crippen LogP contribution in [0.15, 0.2) is 156 Å². The molecule has 8 aromatic rings. The van der Waals surface area contributed by atoms with Gasteiger partial charge in [-0.3, -0.25) is 0 Å². The minimum absolute atomic E-state index is 1.06. The summed E-state index contributed by atoms with van der Waals surface area (Å²) >= 11 is 5.68. The average Bonchev–Trinajstić information content (AvgIpc) is 3.65. The molecule has 0 bridgehead atoms. The van der Waals surface area contributed by atoms with Gasteiger partial charge in [-0.15, -0.1) is 11.3 Å². The second-order valence-electron chi connectivity index (χ2n) is 11.8. The molecule has 1 aliphatic carbocycles. The molecule has 0 N–H and O–H groups in total. The Labute approximate surface area is 280 Å². The van der Waals surface area contributed by atoms with Gasteiger partial charge in [-0.1, -0.05) is 107 Å². The Balaban J connectivity index is 1.31. The molecule has 0 spiro atoms. The SMILES string of the molecule is Brc1ccccc1-c1cccc(N(c2ccccc2)c2ccc3c(c2)c2ccc4c5ccccc5sc4c2n3C2=CCCC=C2)c1. The normalized spacial score (nSPS) is 13.2. The zero-order valence-electron chi connectivity index (χ0n) is 25.0. The van der Waals surface area contributed by atoms with E-state index in [0.29, 0.717) is 0 Å². The van der Waals surface area contributed by atoms with Crippen molar-refractivity contribution >= 4 is 92.0 Å². The highest BCUT2D eigenvalue weighted by molar-refractivity contribution is 9.10. The molecule has 2 heterocycles. The fourth-order valence-electron chi connectivity index (χ4n) is 6.97. The highest BCUT2D eigenvalue weighted by atomic mass is 79.9. The zero-order valence-corrected chi connectivity index (χ0v) is 27.4. The number of thiophene rings is 1. The van der Waals surface area contributed by atoms with Gasteiger partial charge in [0.25, 0.3) is 0 Å². The number of para-hydroxylation sites is 1. The highest BCUT2D eigenvalue weighted by Gasteiger charge is 2.21. The van der Waals surface area contributed by atoms with Gasteiger partial charge in [0.1, 0.15) is 0 Å². The van der Waals surface area contributed by atoms with Crippen molar-refractivity contribution in [3.63, 3.8) is 0 Å². The number of anilines is 3. The molecule has 0 radical (unpaired) electrons. The molecule has 0 saturated carbocycles. The maximum atomic E-state index is 3.77. The molecular formula is C42H29BrN2S. The van der Waals surface area contributed by atoms with Gasteiger partial charge < -0.3 is 9.47 Å². The van der Waals surface area contributed by atoms with Crippen molar-refractivity contribution in [3.05, 3.63) is 156 Å². The van der Waals surface area contributed by atoms with E-state index in [-0.39, 0.29) is 0 Å². The van der Waals surface area contributed by atoms with E-state index in [2.05, 4.69) is 177 Å². The van der Waals surface area contributed by atoms with Crippen LogP contribution in [0.5, 0.6) is 0 Å². The van der Waals surface area contributed by atoms with Crippen LogP contribution in [-0.4, -0.2) is 4.57 Å². The largest absolute Gasteiger partial charge is 0.310 e. The van der Waals surface area contributed by atoms with Gasteiger partial charge >= 0.3 is 0 Å². The van der Waals surface area contributed by atoms with Gasteiger partial charge in [-0.2, -0.15) is 0 Å². The quantitative estimate of drug-likeness (QED) is 0.177. The van der Waals surface area contributed by atoms with Gasteiger partial charge in [-0.05, 0) is 84.6 Å². The van der Waals surface area contributed by atoms with E-state index in [4.69, 9.17) is 0 Å². The van der Waals surface area contributed by atoms with Crippen LogP contribution in [-0.2, 0) is 0 Å². The third-order valence-electron chi connectivity index (χ3n) is 9.05. The van der Waals surface area contributed by atoms with Crippen molar-refractivity contribution in [2.75, 3.05) is 4.90 Å². The Morgan fingerprint density at radius 1 is 0.609 bits per heavy atom. The lowest BCUT2D eigenvalue weighted by Crippen LogP contribution is -2.10. The third-order valence-corrected chi connectivity index (χ3v) is 10.9. The molecule has 9 rings (SSSR count). The molecule has 0 fully saturated rings. The van der Waals surface area contributed by atoms with Crippen molar-refractivity contribution in [2.45, 2.75) is 12.8 Å². The first-order valence-corrected chi connectivity index (χ1v) is 17.3. The van der Waals surface area contributed by atoms with Crippen molar-refractivity contribution in [3.8, 4) is 11.1 Å². The maximum absolute atomic E-state index is 3.77. The first-order chi connectivity index (χ1) is 22.7. The fraction of sp³-hybridized carbons (Fsp3) is 0.0476. The molecule has 46 heavy (non-hydrogen) atoms. The fourth-order valence-corrected chi connectivity index (χ4v) is 8.73. The molecule has 2 aromatic heterocycles. The summed E-state index contributed by atoms with van der Waals surface area (Å²) < 4.78 is 6.27. The van der Waals surface area contributed by atoms with Crippen LogP contribution in [0.3, 0.4) is 0 Å². The molecule has 220 valence electrons. The van der Waals surface area contributed by atoms with Crippen LogP contribution < -0.4 is 4.90 Å². The van der Waals surface area contributed by atoms with Crippen LogP contribution in [0, 0.1) is 0 Å². The van der Waals surface area contributed by atoms with Gasteiger partial charge in [0, 0.05) is 53.5 Å². The number of rotatable bonds is 5. The smallest absolute Gasteiger partial charge is 0.0719 e. The molecule has 1 aliphatic rings. The van der Waals surface area contributed by atoms with Crippen LogP contribution in [0.25, 0.3) is 58.8 Å². The number of allylic oxidation sites excluding steroid dienone is 4. The van der Waals surface area contributed by atoms with Gasteiger partial charge in [0.05, 0.1) is 15.7 Å². The van der Waals surface area contributed by atoms with E-state index in [1.807, 2.05) is 11.3 Å². The predicted molar refractivity (Wildman–Crippen MR) is 203 cm³/mol. The lowest BCUT2D eigenvalue weighted by atomic mass is 10.0. The molecule has 6 aromatic carbocycles. The molecular weight excluding hydrogens is 644 g/mol. The minimum Gasteiger partial charge on any atom is -0.310 e. The third kappa shape index (κ3) is 4.44. The lowest BCUT2D eigenvalue weighted by Gasteiger charge is -2.26. The van der Waals surface area contributed by atoms with E-state index < -0.39 is 0 Å². The summed E-state index contributed by atoms with van der Waals surface area (Å²) in [6.45, 7) is 0. The summed E-state index contributed by atoms with van der Waals surface area (Å²) in [5.74, 6) is 0. The Bertz CT molecular complexity index is 2500. The van der Waals surface area contributed by atoms with Crippen molar-refractivity contribution in [1.82, 2.24) is 4.57 Å². The Morgan fingerprint density at radius 2 is 1.39 bits per heavy atom. The van der Waals surface area contributed by atoms with Gasteiger partial charge in [-0.25, -0.2) is 0 Å². The standard InChI is InChI=1S/C42H29BrN2S/c43-38-20-9-7-18-33(38)28-12-11-17-31(26-28)44(29-13-3-1-4-14-29)32-22-25-39-37(27-32)35-23-24-36-34-19-8-10-21-40(34)46-42(36)41(35)45(39)30-15-5-2-6-16-30/h1,3-5,7-27H,2,6H2. The average molecular weight is 674 g/mol.